The molecule has 0 saturated carbocycles. The number of anilines is 1. The molecule has 0 unspecified atom stereocenters. The van der Waals surface area contributed by atoms with Gasteiger partial charge in [-0.1, -0.05) is 0 Å². The lowest BCUT2D eigenvalue weighted by molar-refractivity contribution is 0.0974. The summed E-state index contributed by atoms with van der Waals surface area (Å²) in [4.78, 5) is 11.4. The van der Waals surface area contributed by atoms with Gasteiger partial charge in [0, 0.05) is 24.5 Å². The van der Waals surface area contributed by atoms with Crippen LogP contribution in [0.3, 0.4) is 0 Å². The van der Waals surface area contributed by atoms with Crippen LogP contribution in [0.5, 0.6) is 0 Å². The molecular formula is C16H22BrN5O. The van der Waals surface area contributed by atoms with E-state index in [1.54, 1.807) is 0 Å². The number of aryl methyl sites for hydroxylation is 1. The summed E-state index contributed by atoms with van der Waals surface area (Å²) >= 11 is 3.59. The van der Waals surface area contributed by atoms with Crippen LogP contribution in [-0.4, -0.2) is 46.2 Å². The van der Waals surface area contributed by atoms with E-state index in [1.165, 1.54) is 0 Å². The molecule has 2 atom stereocenters. The van der Waals surface area contributed by atoms with E-state index < -0.39 is 0 Å². The summed E-state index contributed by atoms with van der Waals surface area (Å²) in [5.41, 5.74) is 8.56. The molecule has 124 valence electrons. The zero-order valence-corrected chi connectivity index (χ0v) is 15.1. The summed E-state index contributed by atoms with van der Waals surface area (Å²) in [6.45, 7) is 6.80. The number of halogens is 1. The van der Waals surface area contributed by atoms with E-state index >= 15 is 0 Å². The number of nitrogens with two attached hydrogens (primary N) is 1. The van der Waals surface area contributed by atoms with Gasteiger partial charge in [0.15, 0.2) is 5.82 Å². The second kappa shape index (κ2) is 5.43. The predicted molar refractivity (Wildman–Crippen MR) is 92.7 cm³/mol. The van der Waals surface area contributed by atoms with Crippen molar-refractivity contribution in [3.63, 3.8) is 0 Å². The molecule has 4 rings (SSSR count). The van der Waals surface area contributed by atoms with Gasteiger partial charge < -0.3 is 15.4 Å². The fraction of sp³-hybridized carbons (Fsp3) is 0.625. The Morgan fingerprint density at radius 3 is 2.78 bits per heavy atom. The SMILES string of the molecule is Cc1nc(N2CCC3(CC2)CO[C@@H](C)[C@H]3N)c2cncn2c1Br. The van der Waals surface area contributed by atoms with E-state index in [0.717, 1.165) is 54.2 Å². The average molecular weight is 380 g/mol. The molecule has 0 aliphatic carbocycles. The largest absolute Gasteiger partial charge is 0.376 e. The van der Waals surface area contributed by atoms with Gasteiger partial charge in [0.1, 0.15) is 16.4 Å². The Balaban J connectivity index is 1.62. The Morgan fingerprint density at radius 1 is 1.39 bits per heavy atom. The summed E-state index contributed by atoms with van der Waals surface area (Å²) in [5.74, 6) is 1.01. The molecular weight excluding hydrogens is 358 g/mol. The van der Waals surface area contributed by atoms with E-state index in [-0.39, 0.29) is 17.6 Å². The van der Waals surface area contributed by atoms with Crippen molar-refractivity contribution < 1.29 is 4.74 Å². The highest BCUT2D eigenvalue weighted by molar-refractivity contribution is 9.10. The van der Waals surface area contributed by atoms with Gasteiger partial charge in [-0.3, -0.25) is 4.40 Å². The van der Waals surface area contributed by atoms with E-state index in [1.807, 2.05) is 19.4 Å². The Bertz CT molecular complexity index is 737. The summed E-state index contributed by atoms with van der Waals surface area (Å²) in [6.07, 6.45) is 5.97. The van der Waals surface area contributed by atoms with Crippen molar-refractivity contribution >= 4 is 27.3 Å². The first-order valence-corrected chi connectivity index (χ1v) is 8.91. The highest BCUT2D eigenvalue weighted by atomic mass is 79.9. The van der Waals surface area contributed by atoms with Gasteiger partial charge in [0.2, 0.25) is 0 Å². The van der Waals surface area contributed by atoms with Crippen LogP contribution in [0.15, 0.2) is 17.1 Å². The molecule has 0 aromatic carbocycles. The lowest BCUT2D eigenvalue weighted by Gasteiger charge is -2.41. The molecule has 0 amide bonds. The molecule has 4 heterocycles. The van der Waals surface area contributed by atoms with E-state index in [9.17, 15) is 0 Å². The molecule has 1 spiro atoms. The van der Waals surface area contributed by atoms with Gasteiger partial charge in [-0.15, -0.1) is 0 Å². The first kappa shape index (κ1) is 15.4. The Kier molecular flexibility index (Phi) is 3.62. The zero-order valence-electron chi connectivity index (χ0n) is 13.5. The molecule has 23 heavy (non-hydrogen) atoms. The number of ether oxygens (including phenoxy) is 1. The summed E-state index contributed by atoms with van der Waals surface area (Å²) < 4.78 is 8.82. The van der Waals surface area contributed by atoms with Gasteiger partial charge in [-0.25, -0.2) is 9.97 Å². The molecule has 2 saturated heterocycles. The smallest absolute Gasteiger partial charge is 0.154 e. The van der Waals surface area contributed by atoms with Crippen LogP contribution in [-0.2, 0) is 4.74 Å². The number of piperidine rings is 1. The number of rotatable bonds is 1. The number of hydrogen-bond acceptors (Lipinski definition) is 5. The normalized spacial score (nSPS) is 27.2. The molecule has 0 bridgehead atoms. The van der Waals surface area contributed by atoms with Gasteiger partial charge in [-0.05, 0) is 42.6 Å². The number of aromatic nitrogens is 3. The summed E-state index contributed by atoms with van der Waals surface area (Å²) in [6, 6.07) is 0.138. The average Bonchev–Trinajstić information content (AvgIpc) is 3.14. The third-order valence-electron chi connectivity index (χ3n) is 5.56. The zero-order chi connectivity index (χ0) is 16.2. The molecule has 2 fully saturated rings. The molecule has 2 N–H and O–H groups in total. The van der Waals surface area contributed by atoms with Crippen molar-refractivity contribution in [2.24, 2.45) is 11.1 Å². The first-order valence-electron chi connectivity index (χ1n) is 8.12. The topological polar surface area (TPSA) is 68.7 Å². The second-order valence-electron chi connectivity index (χ2n) is 6.85. The van der Waals surface area contributed by atoms with Crippen molar-refractivity contribution in [3.05, 3.63) is 22.8 Å². The van der Waals surface area contributed by atoms with Crippen LogP contribution >= 0.6 is 15.9 Å². The van der Waals surface area contributed by atoms with E-state index in [4.69, 9.17) is 15.5 Å². The maximum absolute atomic E-state index is 6.41. The van der Waals surface area contributed by atoms with Crippen molar-refractivity contribution in [1.82, 2.24) is 14.4 Å². The highest BCUT2D eigenvalue weighted by Gasteiger charge is 2.47. The van der Waals surface area contributed by atoms with Crippen molar-refractivity contribution in [2.75, 3.05) is 24.6 Å². The lowest BCUT2D eigenvalue weighted by atomic mass is 9.73. The minimum Gasteiger partial charge on any atom is -0.376 e. The van der Waals surface area contributed by atoms with E-state index in [0.29, 0.717) is 0 Å². The third kappa shape index (κ3) is 2.28. The van der Waals surface area contributed by atoms with Crippen LogP contribution in [0.2, 0.25) is 0 Å². The minimum absolute atomic E-state index is 0.136. The van der Waals surface area contributed by atoms with Crippen LogP contribution < -0.4 is 10.6 Å². The molecule has 2 aliphatic heterocycles. The van der Waals surface area contributed by atoms with Crippen molar-refractivity contribution in [2.45, 2.75) is 38.8 Å². The van der Waals surface area contributed by atoms with Crippen LogP contribution in [0, 0.1) is 12.3 Å². The van der Waals surface area contributed by atoms with Gasteiger partial charge in [0.25, 0.3) is 0 Å². The molecule has 6 nitrogen and oxygen atoms in total. The third-order valence-corrected chi connectivity index (χ3v) is 6.51. The van der Waals surface area contributed by atoms with Gasteiger partial charge in [0.05, 0.1) is 24.6 Å². The maximum atomic E-state index is 6.41. The second-order valence-corrected chi connectivity index (χ2v) is 7.60. The molecule has 2 aromatic heterocycles. The van der Waals surface area contributed by atoms with Gasteiger partial charge >= 0.3 is 0 Å². The minimum atomic E-state index is 0.136. The molecule has 7 heteroatoms. The van der Waals surface area contributed by atoms with E-state index in [2.05, 4.69) is 37.1 Å². The van der Waals surface area contributed by atoms with Crippen LogP contribution in [0.25, 0.3) is 5.52 Å². The maximum Gasteiger partial charge on any atom is 0.154 e. The quantitative estimate of drug-likeness (QED) is 0.821. The lowest BCUT2D eigenvalue weighted by Crippen LogP contribution is -2.50. The Labute approximate surface area is 144 Å². The fourth-order valence-electron chi connectivity index (χ4n) is 3.92. The molecule has 2 aromatic rings. The summed E-state index contributed by atoms with van der Waals surface area (Å²) in [5, 5.41) is 0. The fourth-order valence-corrected chi connectivity index (χ4v) is 4.29. The standard InChI is InChI=1S/C16H22BrN5O/c1-10-14(17)22-9-19-7-12(22)15(20-10)21-5-3-16(4-6-21)8-23-11(2)13(16)18/h7,9,11,13H,3-6,8,18H2,1-2H3/t11-,13+/m0/s1. The van der Waals surface area contributed by atoms with Crippen molar-refractivity contribution in [3.8, 4) is 0 Å². The number of nitrogens with zero attached hydrogens (tertiary/aromatic N) is 4. The Morgan fingerprint density at radius 2 is 2.13 bits per heavy atom. The van der Waals surface area contributed by atoms with Crippen molar-refractivity contribution in [1.29, 1.82) is 0 Å². The summed E-state index contributed by atoms with van der Waals surface area (Å²) in [7, 11) is 0. The molecule has 2 aliphatic rings. The number of hydrogen-bond donors (Lipinski definition) is 1. The van der Waals surface area contributed by atoms with Crippen LogP contribution in [0.1, 0.15) is 25.5 Å². The Hall–Kier alpha value is -1.18. The number of fused-ring (bicyclic) bond motifs is 1. The monoisotopic (exact) mass is 379 g/mol. The first-order chi connectivity index (χ1) is 11.0. The molecule has 0 radical (unpaired) electrons. The van der Waals surface area contributed by atoms with Gasteiger partial charge in [-0.2, -0.15) is 0 Å². The highest BCUT2D eigenvalue weighted by Crippen LogP contribution is 2.42. The number of imidazole rings is 1. The predicted octanol–water partition coefficient (Wildman–Crippen LogP) is 2.13. The van der Waals surface area contributed by atoms with Crippen LogP contribution in [0.4, 0.5) is 5.82 Å².